The molecule has 0 atom stereocenters. The quantitative estimate of drug-likeness (QED) is 0.539. The van der Waals surface area contributed by atoms with Crippen molar-refractivity contribution in [1.29, 1.82) is 0 Å². The van der Waals surface area contributed by atoms with E-state index in [4.69, 9.17) is 11.6 Å². The number of benzene rings is 1. The van der Waals surface area contributed by atoms with Gasteiger partial charge in [0, 0.05) is 14.8 Å². The van der Waals surface area contributed by atoms with E-state index < -0.39 is 0 Å². The Morgan fingerprint density at radius 1 is 1.46 bits per heavy atom. The molecule has 0 aliphatic carbocycles. The van der Waals surface area contributed by atoms with E-state index in [-0.39, 0.29) is 5.82 Å². The second-order valence-corrected chi connectivity index (χ2v) is 5.05. The molecule has 0 bridgehead atoms. The van der Waals surface area contributed by atoms with Gasteiger partial charge in [0.1, 0.15) is 5.82 Å². The molecule has 68 valence electrons. The third-order valence-corrected chi connectivity index (χ3v) is 3.78. The van der Waals surface area contributed by atoms with Gasteiger partial charge in [0.2, 0.25) is 0 Å². The Morgan fingerprint density at radius 3 is 2.92 bits per heavy atom. The minimum absolute atomic E-state index is 0.150. The van der Waals surface area contributed by atoms with Crippen molar-refractivity contribution in [2.45, 2.75) is 5.88 Å². The molecule has 0 aliphatic rings. The maximum absolute atomic E-state index is 13.4. The summed E-state index contributed by atoms with van der Waals surface area (Å²) in [6.45, 7) is 0. The van der Waals surface area contributed by atoms with Crippen LogP contribution in [0.1, 0.15) is 5.56 Å². The Bertz CT molecular complexity index is 452. The van der Waals surface area contributed by atoms with E-state index in [1.807, 2.05) is 11.4 Å². The van der Waals surface area contributed by atoms with Crippen LogP contribution in [0.3, 0.4) is 0 Å². The zero-order chi connectivity index (χ0) is 9.42. The summed E-state index contributed by atoms with van der Waals surface area (Å²) in [4.78, 5) is 0. The first-order valence-electron chi connectivity index (χ1n) is 3.63. The van der Waals surface area contributed by atoms with Gasteiger partial charge in [0.15, 0.2) is 0 Å². The maximum Gasteiger partial charge on any atom is 0.142 e. The fourth-order valence-electron chi connectivity index (χ4n) is 1.22. The first-order chi connectivity index (χ1) is 6.22. The summed E-state index contributed by atoms with van der Waals surface area (Å²) in [5, 5.41) is 2.86. The first kappa shape index (κ1) is 9.68. The minimum atomic E-state index is -0.150. The highest BCUT2D eigenvalue weighted by Gasteiger charge is 2.08. The number of rotatable bonds is 1. The van der Waals surface area contributed by atoms with Crippen LogP contribution in [0.2, 0.25) is 0 Å². The summed E-state index contributed by atoms with van der Waals surface area (Å²) in [6, 6.07) is 3.50. The van der Waals surface area contributed by atoms with Gasteiger partial charge in [-0.3, -0.25) is 0 Å². The monoisotopic (exact) mass is 326 g/mol. The molecule has 13 heavy (non-hydrogen) atoms. The van der Waals surface area contributed by atoms with Crippen molar-refractivity contribution < 1.29 is 4.39 Å². The molecule has 0 N–H and O–H groups in total. The maximum atomic E-state index is 13.4. The van der Waals surface area contributed by atoms with Crippen LogP contribution in [0.5, 0.6) is 0 Å². The molecule has 4 heteroatoms. The zero-order valence-corrected chi connectivity index (χ0v) is 10.2. The summed E-state index contributed by atoms with van der Waals surface area (Å²) in [5.74, 6) is 0.294. The number of hydrogen-bond acceptors (Lipinski definition) is 1. The molecule has 0 amide bonds. The van der Waals surface area contributed by atoms with Crippen LogP contribution in [-0.2, 0) is 5.88 Å². The summed E-state index contributed by atoms with van der Waals surface area (Å²) < 4.78 is 15.0. The average molecular weight is 327 g/mol. The number of halogens is 3. The van der Waals surface area contributed by atoms with Gasteiger partial charge in [-0.25, -0.2) is 4.39 Å². The molecule has 1 aromatic heterocycles. The SMILES string of the molecule is Fc1cc(I)cc2c(CCl)csc12. The molecule has 0 aliphatic heterocycles. The lowest BCUT2D eigenvalue weighted by molar-refractivity contribution is 0.641. The van der Waals surface area contributed by atoms with Crippen LogP contribution >= 0.6 is 45.5 Å². The molecule has 0 saturated carbocycles. The van der Waals surface area contributed by atoms with E-state index in [1.165, 1.54) is 17.4 Å². The fraction of sp³-hybridized carbons (Fsp3) is 0.111. The second-order valence-electron chi connectivity index (χ2n) is 2.66. The van der Waals surface area contributed by atoms with Gasteiger partial charge in [-0.05, 0) is 45.7 Å². The lowest BCUT2D eigenvalue weighted by Crippen LogP contribution is -1.79. The van der Waals surface area contributed by atoms with Crippen LogP contribution in [-0.4, -0.2) is 0 Å². The fourth-order valence-corrected chi connectivity index (χ4v) is 3.07. The van der Waals surface area contributed by atoms with Crippen LogP contribution in [0.4, 0.5) is 4.39 Å². The Balaban J connectivity index is 2.82. The molecule has 1 aromatic carbocycles. The van der Waals surface area contributed by atoms with E-state index >= 15 is 0 Å². The van der Waals surface area contributed by atoms with Gasteiger partial charge < -0.3 is 0 Å². The van der Waals surface area contributed by atoms with E-state index in [2.05, 4.69) is 22.6 Å². The second kappa shape index (κ2) is 3.71. The van der Waals surface area contributed by atoms with Crippen molar-refractivity contribution in [2.75, 3.05) is 0 Å². The van der Waals surface area contributed by atoms with Crippen molar-refractivity contribution in [3.05, 3.63) is 32.5 Å². The van der Waals surface area contributed by atoms with Gasteiger partial charge in [0.05, 0.1) is 4.70 Å². The highest BCUT2D eigenvalue weighted by Crippen LogP contribution is 2.30. The summed E-state index contributed by atoms with van der Waals surface area (Å²) in [7, 11) is 0. The van der Waals surface area contributed by atoms with Crippen LogP contribution in [0.25, 0.3) is 10.1 Å². The molecule has 2 aromatic rings. The number of fused-ring (bicyclic) bond motifs is 1. The van der Waals surface area contributed by atoms with Gasteiger partial charge >= 0.3 is 0 Å². The molecule has 1 heterocycles. The molecule has 0 radical (unpaired) electrons. The van der Waals surface area contributed by atoms with Crippen molar-refractivity contribution >= 4 is 55.6 Å². The Kier molecular flexibility index (Phi) is 2.76. The zero-order valence-electron chi connectivity index (χ0n) is 6.48. The summed E-state index contributed by atoms with van der Waals surface area (Å²) >= 11 is 9.25. The van der Waals surface area contributed by atoms with Crippen LogP contribution < -0.4 is 0 Å². The van der Waals surface area contributed by atoms with Gasteiger partial charge in [-0.2, -0.15) is 0 Å². The summed E-state index contributed by atoms with van der Waals surface area (Å²) in [6.07, 6.45) is 0. The van der Waals surface area contributed by atoms with Crippen LogP contribution in [0, 0.1) is 9.39 Å². The van der Waals surface area contributed by atoms with Crippen molar-refractivity contribution in [2.24, 2.45) is 0 Å². The molecule has 0 unspecified atom stereocenters. The Labute approximate surface area is 97.8 Å². The predicted molar refractivity (Wildman–Crippen MR) is 64.1 cm³/mol. The normalized spacial score (nSPS) is 11.0. The molecule has 0 saturated heterocycles. The molecule has 0 nitrogen and oxygen atoms in total. The third-order valence-electron chi connectivity index (χ3n) is 1.82. The minimum Gasteiger partial charge on any atom is -0.205 e. The van der Waals surface area contributed by atoms with E-state index in [0.29, 0.717) is 10.6 Å². The molecular formula is C9H5ClFIS. The van der Waals surface area contributed by atoms with E-state index in [9.17, 15) is 4.39 Å². The molecule has 0 spiro atoms. The van der Waals surface area contributed by atoms with Crippen molar-refractivity contribution in [3.63, 3.8) is 0 Å². The van der Waals surface area contributed by atoms with Crippen molar-refractivity contribution in [3.8, 4) is 0 Å². The first-order valence-corrected chi connectivity index (χ1v) is 6.12. The van der Waals surface area contributed by atoms with E-state index in [1.54, 1.807) is 0 Å². The van der Waals surface area contributed by atoms with E-state index in [0.717, 1.165) is 14.5 Å². The lowest BCUT2D eigenvalue weighted by Gasteiger charge is -1.96. The molecule has 2 rings (SSSR count). The van der Waals surface area contributed by atoms with Gasteiger partial charge in [-0.15, -0.1) is 22.9 Å². The lowest BCUT2D eigenvalue weighted by atomic mass is 10.2. The van der Waals surface area contributed by atoms with Crippen LogP contribution in [0.15, 0.2) is 17.5 Å². The van der Waals surface area contributed by atoms with Gasteiger partial charge in [0.25, 0.3) is 0 Å². The predicted octanol–water partition coefficient (Wildman–Crippen LogP) is 4.38. The van der Waals surface area contributed by atoms with Gasteiger partial charge in [-0.1, -0.05) is 0 Å². The number of alkyl halides is 1. The third kappa shape index (κ3) is 1.69. The molecule has 0 fully saturated rings. The Hall–Kier alpha value is 0.130. The Morgan fingerprint density at radius 2 is 2.23 bits per heavy atom. The smallest absolute Gasteiger partial charge is 0.142 e. The molecular weight excluding hydrogens is 322 g/mol. The highest BCUT2D eigenvalue weighted by molar-refractivity contribution is 14.1. The number of hydrogen-bond donors (Lipinski definition) is 0. The topological polar surface area (TPSA) is 0 Å². The summed E-state index contributed by atoms with van der Waals surface area (Å²) in [5.41, 5.74) is 1.01. The highest BCUT2D eigenvalue weighted by atomic mass is 127. The average Bonchev–Trinajstić information content (AvgIpc) is 2.47. The standard InChI is InChI=1S/C9H5ClFIS/c10-3-5-4-13-9-7(5)1-6(12)2-8(9)11/h1-2,4H,3H2. The largest absolute Gasteiger partial charge is 0.205 e. The number of thiophene rings is 1. The van der Waals surface area contributed by atoms with Crippen molar-refractivity contribution in [1.82, 2.24) is 0 Å².